The largest absolute Gasteiger partial charge is 0.297 e. The number of aldehydes is 1. The molecule has 0 aliphatic rings. The van der Waals surface area contributed by atoms with E-state index in [-0.39, 0.29) is 0 Å². The Kier molecular flexibility index (Phi) is 2.97. The number of benzene rings is 1. The third-order valence-corrected chi connectivity index (χ3v) is 3.43. The van der Waals surface area contributed by atoms with Gasteiger partial charge in [0, 0.05) is 5.92 Å². The van der Waals surface area contributed by atoms with E-state index in [0.29, 0.717) is 5.92 Å². The highest BCUT2D eigenvalue weighted by atomic mass is 32.1. The van der Waals surface area contributed by atoms with Crippen LogP contribution >= 0.6 is 11.3 Å². The smallest absolute Gasteiger partial charge is 0.160 e. The van der Waals surface area contributed by atoms with Gasteiger partial charge in [-0.25, -0.2) is 0 Å². The maximum atomic E-state index is 10.6. The van der Waals surface area contributed by atoms with E-state index in [2.05, 4.69) is 24.4 Å². The zero-order chi connectivity index (χ0) is 10.7. The fourth-order valence-corrected chi connectivity index (χ4v) is 2.40. The molecule has 0 fully saturated rings. The number of carbonyl (C=O) groups excluding carboxylic acids is 1. The second-order valence-electron chi connectivity index (χ2n) is 3.53. The molecule has 0 unspecified atom stereocenters. The zero-order valence-electron chi connectivity index (χ0n) is 8.51. The number of carbonyl (C=O) groups is 1. The van der Waals surface area contributed by atoms with Gasteiger partial charge in [0.05, 0.1) is 4.88 Å². The van der Waals surface area contributed by atoms with Crippen molar-refractivity contribution in [2.45, 2.75) is 12.8 Å². The third kappa shape index (κ3) is 2.16. The Morgan fingerprint density at radius 3 is 2.53 bits per heavy atom. The lowest BCUT2D eigenvalue weighted by Gasteiger charge is -2.09. The number of hydrogen-bond donors (Lipinski definition) is 0. The van der Waals surface area contributed by atoms with Crippen LogP contribution in [0.5, 0.6) is 0 Å². The predicted molar refractivity (Wildman–Crippen MR) is 63.7 cm³/mol. The van der Waals surface area contributed by atoms with Gasteiger partial charge < -0.3 is 0 Å². The van der Waals surface area contributed by atoms with Gasteiger partial charge in [0.25, 0.3) is 0 Å². The van der Waals surface area contributed by atoms with Gasteiger partial charge >= 0.3 is 0 Å². The first kappa shape index (κ1) is 10.1. The summed E-state index contributed by atoms with van der Waals surface area (Å²) in [5.74, 6) is 0.358. The lowest BCUT2D eigenvalue weighted by Crippen LogP contribution is -1.93. The van der Waals surface area contributed by atoms with Crippen molar-refractivity contribution in [3.05, 3.63) is 57.8 Å². The molecule has 76 valence electrons. The van der Waals surface area contributed by atoms with Gasteiger partial charge in [0.1, 0.15) is 0 Å². The summed E-state index contributed by atoms with van der Waals surface area (Å²) in [5.41, 5.74) is 2.50. The Balaban J connectivity index is 2.28. The lowest BCUT2D eigenvalue weighted by atomic mass is 9.95. The van der Waals surface area contributed by atoms with Crippen LogP contribution in [0, 0.1) is 0 Å². The van der Waals surface area contributed by atoms with Crippen molar-refractivity contribution >= 4 is 17.6 Å². The normalized spacial score (nSPS) is 12.3. The molecule has 0 bridgehead atoms. The van der Waals surface area contributed by atoms with Crippen LogP contribution in [0.1, 0.15) is 33.6 Å². The lowest BCUT2D eigenvalue weighted by molar-refractivity contribution is 0.112. The molecule has 1 nitrogen and oxygen atoms in total. The molecule has 0 spiro atoms. The van der Waals surface area contributed by atoms with E-state index < -0.39 is 0 Å². The van der Waals surface area contributed by atoms with Crippen LogP contribution in [-0.4, -0.2) is 6.29 Å². The SMILES string of the molecule is C[C@H](c1ccccc1)c1csc(C=O)c1. The van der Waals surface area contributed by atoms with E-state index in [1.54, 1.807) is 0 Å². The standard InChI is InChI=1S/C13H12OS/c1-10(11-5-3-2-4-6-11)12-7-13(8-14)15-9-12/h2-10H,1H3/t10-/m1/s1. The summed E-state index contributed by atoms with van der Waals surface area (Å²) in [5, 5.41) is 2.06. The quantitative estimate of drug-likeness (QED) is 0.715. The molecule has 0 aliphatic carbocycles. The summed E-state index contributed by atoms with van der Waals surface area (Å²) in [6.45, 7) is 2.16. The second-order valence-corrected chi connectivity index (χ2v) is 4.48. The zero-order valence-corrected chi connectivity index (χ0v) is 9.33. The maximum Gasteiger partial charge on any atom is 0.160 e. The third-order valence-electron chi connectivity index (χ3n) is 2.56. The minimum absolute atomic E-state index is 0.358. The molecule has 1 aromatic heterocycles. The molecular weight excluding hydrogens is 204 g/mol. The van der Waals surface area contributed by atoms with Crippen LogP contribution in [-0.2, 0) is 0 Å². The Bertz CT molecular complexity index is 445. The summed E-state index contributed by atoms with van der Waals surface area (Å²) in [6, 6.07) is 12.3. The van der Waals surface area contributed by atoms with Crippen molar-refractivity contribution < 1.29 is 4.79 Å². The van der Waals surface area contributed by atoms with Crippen molar-refractivity contribution in [1.29, 1.82) is 0 Å². The van der Waals surface area contributed by atoms with Gasteiger partial charge in [-0.05, 0) is 22.6 Å². The van der Waals surface area contributed by atoms with Crippen molar-refractivity contribution in [2.75, 3.05) is 0 Å². The Morgan fingerprint density at radius 2 is 1.93 bits per heavy atom. The van der Waals surface area contributed by atoms with Crippen LogP contribution in [0.3, 0.4) is 0 Å². The first-order chi connectivity index (χ1) is 7.31. The molecule has 0 aliphatic heterocycles. The highest BCUT2D eigenvalue weighted by Crippen LogP contribution is 2.27. The van der Waals surface area contributed by atoms with Gasteiger partial charge in [-0.3, -0.25) is 4.79 Å². The Morgan fingerprint density at radius 1 is 1.20 bits per heavy atom. The molecule has 0 N–H and O–H groups in total. The topological polar surface area (TPSA) is 17.1 Å². The molecule has 0 saturated heterocycles. The van der Waals surface area contributed by atoms with Crippen LogP contribution < -0.4 is 0 Å². The van der Waals surface area contributed by atoms with Crippen LogP contribution in [0.15, 0.2) is 41.8 Å². The monoisotopic (exact) mass is 216 g/mol. The highest BCUT2D eigenvalue weighted by Gasteiger charge is 2.09. The Hall–Kier alpha value is -1.41. The predicted octanol–water partition coefficient (Wildman–Crippen LogP) is 3.71. The average Bonchev–Trinajstić information content (AvgIpc) is 2.78. The maximum absolute atomic E-state index is 10.6. The molecule has 1 aromatic carbocycles. The summed E-state index contributed by atoms with van der Waals surface area (Å²) >= 11 is 1.50. The molecule has 2 aromatic rings. The summed E-state index contributed by atoms with van der Waals surface area (Å²) < 4.78 is 0. The molecule has 15 heavy (non-hydrogen) atoms. The molecule has 1 atom stereocenters. The summed E-state index contributed by atoms with van der Waals surface area (Å²) in [6.07, 6.45) is 0.909. The van der Waals surface area contributed by atoms with Gasteiger partial charge in [0.2, 0.25) is 0 Å². The fraction of sp³-hybridized carbons (Fsp3) is 0.154. The molecule has 0 amide bonds. The second kappa shape index (κ2) is 4.41. The molecular formula is C13H12OS. The van der Waals surface area contributed by atoms with Crippen LogP contribution in [0.2, 0.25) is 0 Å². The Labute approximate surface area is 93.4 Å². The minimum Gasteiger partial charge on any atom is -0.297 e. The van der Waals surface area contributed by atoms with Crippen molar-refractivity contribution in [3.8, 4) is 0 Å². The van der Waals surface area contributed by atoms with Crippen molar-refractivity contribution in [1.82, 2.24) is 0 Å². The van der Waals surface area contributed by atoms with E-state index in [4.69, 9.17) is 0 Å². The van der Waals surface area contributed by atoms with Crippen molar-refractivity contribution in [3.63, 3.8) is 0 Å². The molecule has 2 rings (SSSR count). The van der Waals surface area contributed by atoms with Gasteiger partial charge in [-0.1, -0.05) is 37.3 Å². The number of hydrogen-bond acceptors (Lipinski definition) is 2. The minimum atomic E-state index is 0.358. The van der Waals surface area contributed by atoms with E-state index in [1.165, 1.54) is 22.5 Å². The van der Waals surface area contributed by atoms with Crippen LogP contribution in [0.25, 0.3) is 0 Å². The fourth-order valence-electron chi connectivity index (χ4n) is 1.59. The van der Waals surface area contributed by atoms with E-state index in [0.717, 1.165) is 11.2 Å². The van der Waals surface area contributed by atoms with Gasteiger partial charge in [-0.15, -0.1) is 11.3 Å². The van der Waals surface area contributed by atoms with Crippen LogP contribution in [0.4, 0.5) is 0 Å². The highest BCUT2D eigenvalue weighted by molar-refractivity contribution is 7.11. The van der Waals surface area contributed by atoms with Gasteiger partial charge in [0.15, 0.2) is 6.29 Å². The molecule has 0 radical (unpaired) electrons. The number of thiophene rings is 1. The first-order valence-electron chi connectivity index (χ1n) is 4.90. The molecule has 0 saturated carbocycles. The first-order valence-corrected chi connectivity index (χ1v) is 5.78. The van der Waals surface area contributed by atoms with E-state index in [9.17, 15) is 4.79 Å². The van der Waals surface area contributed by atoms with Crippen molar-refractivity contribution in [2.24, 2.45) is 0 Å². The van der Waals surface area contributed by atoms with E-state index >= 15 is 0 Å². The summed E-state index contributed by atoms with van der Waals surface area (Å²) in [7, 11) is 0. The molecule has 2 heteroatoms. The summed E-state index contributed by atoms with van der Waals surface area (Å²) in [4.78, 5) is 11.4. The number of rotatable bonds is 3. The van der Waals surface area contributed by atoms with E-state index in [1.807, 2.05) is 24.3 Å². The molecule has 1 heterocycles. The average molecular weight is 216 g/mol. The van der Waals surface area contributed by atoms with Gasteiger partial charge in [-0.2, -0.15) is 0 Å².